The van der Waals surface area contributed by atoms with Crippen molar-refractivity contribution < 1.29 is 39.0 Å². The van der Waals surface area contributed by atoms with Gasteiger partial charge in [-0.1, -0.05) is 18.2 Å². The van der Waals surface area contributed by atoms with Crippen molar-refractivity contribution in [2.45, 2.75) is 50.6 Å². The molecule has 218 valence electrons. The van der Waals surface area contributed by atoms with Gasteiger partial charge in [-0.15, -0.1) is 0 Å². The molecular weight excluding hydrogens is 524 g/mol. The lowest BCUT2D eigenvalue weighted by atomic mass is 9.88. The largest absolute Gasteiger partial charge is 0.488 e. The minimum absolute atomic E-state index is 0. The van der Waals surface area contributed by atoms with Gasteiger partial charge >= 0.3 is 6.18 Å². The zero-order valence-corrected chi connectivity index (χ0v) is 21.9. The number of alkyl halides is 4. The summed E-state index contributed by atoms with van der Waals surface area (Å²) in [6.45, 7) is 2.66. The van der Waals surface area contributed by atoms with Crippen molar-refractivity contribution in [3.8, 4) is 5.75 Å². The molecule has 2 N–H and O–H groups in total. The quantitative estimate of drug-likeness (QED) is 0.319. The molecule has 1 fully saturated rings. The summed E-state index contributed by atoms with van der Waals surface area (Å²) in [6, 6.07) is 8.21. The number of nitrogens with one attached hydrogen (secondary N) is 1. The molecular formula is C28H37F6N3O2. The van der Waals surface area contributed by atoms with Gasteiger partial charge in [0.25, 0.3) is 0 Å². The van der Waals surface area contributed by atoms with E-state index in [9.17, 15) is 17.6 Å². The first-order valence-electron chi connectivity index (χ1n) is 12.9. The maximum Gasteiger partial charge on any atom is 0.390 e. The molecule has 2 aliphatic rings. The Kier molecular flexibility index (Phi) is 9.13. The average Bonchev–Trinajstić information content (AvgIpc) is 3.23. The Hall–Kier alpha value is -2.76. The van der Waals surface area contributed by atoms with Gasteiger partial charge in [-0.2, -0.15) is 13.2 Å². The van der Waals surface area contributed by atoms with Crippen LogP contribution in [0.15, 0.2) is 36.4 Å². The Morgan fingerprint density at radius 2 is 1.74 bits per heavy atom. The monoisotopic (exact) mass is 561 g/mol. The lowest BCUT2D eigenvalue weighted by Gasteiger charge is -2.41. The number of hydrogen-bond donors (Lipinski definition) is 2. The number of hydrogen-bond acceptors (Lipinski definition) is 4. The number of rotatable bonds is 8. The molecule has 1 aromatic heterocycles. The van der Waals surface area contributed by atoms with Crippen LogP contribution in [-0.4, -0.2) is 78.2 Å². The third kappa shape index (κ3) is 6.36. The van der Waals surface area contributed by atoms with Crippen molar-refractivity contribution in [1.82, 2.24) is 14.8 Å². The standard InChI is InChI=1S/C27H29F6N3O.CH4O.2H2/c1-16-11-20-19-5-2-3-6-23(19)34-25(20)26(36(16)10-7-27(31,32)33)24-21(29)12-17(13-22(24)30)37-18-14-35(15-18)9-4-8-28;1-2;;/h2-3,5-6,12-13,16,18,26,34H,4,7-11,14-15H2,1H3;2H,1H3;2*1H/t16-,26-;;;/m1.../s1. The van der Waals surface area contributed by atoms with Crippen LogP contribution >= 0.6 is 0 Å². The van der Waals surface area contributed by atoms with Gasteiger partial charge in [-0.05, 0) is 31.4 Å². The summed E-state index contributed by atoms with van der Waals surface area (Å²) in [5.41, 5.74) is 1.84. The van der Waals surface area contributed by atoms with E-state index < -0.39 is 43.5 Å². The van der Waals surface area contributed by atoms with Gasteiger partial charge < -0.3 is 14.8 Å². The van der Waals surface area contributed by atoms with Gasteiger partial charge in [0.05, 0.1) is 19.1 Å². The van der Waals surface area contributed by atoms with E-state index in [0.29, 0.717) is 38.2 Å². The number of aromatic amines is 1. The third-order valence-electron chi connectivity index (χ3n) is 7.33. The molecule has 2 aliphatic heterocycles. The van der Waals surface area contributed by atoms with Crippen LogP contribution in [0.4, 0.5) is 26.3 Å². The maximum atomic E-state index is 15.6. The molecule has 3 aromatic rings. The van der Waals surface area contributed by atoms with Gasteiger partial charge in [-0.25, -0.2) is 8.78 Å². The molecule has 2 aromatic carbocycles. The zero-order valence-electron chi connectivity index (χ0n) is 21.9. The number of aromatic nitrogens is 1. The molecule has 0 saturated carbocycles. The number of aliphatic hydroxyl groups excluding tert-OH is 1. The number of nitrogens with zero attached hydrogens (tertiary/aromatic N) is 2. The van der Waals surface area contributed by atoms with Crippen LogP contribution in [-0.2, 0) is 6.42 Å². The highest BCUT2D eigenvalue weighted by atomic mass is 19.4. The summed E-state index contributed by atoms with van der Waals surface area (Å²) in [6.07, 6.45) is -4.87. The van der Waals surface area contributed by atoms with Crippen molar-refractivity contribution in [3.63, 3.8) is 0 Å². The van der Waals surface area contributed by atoms with E-state index in [1.54, 1.807) is 6.92 Å². The summed E-state index contributed by atoms with van der Waals surface area (Å²) in [7, 11) is 1.00. The second-order valence-electron chi connectivity index (χ2n) is 9.96. The van der Waals surface area contributed by atoms with Gasteiger partial charge in [0, 0.05) is 76.5 Å². The highest BCUT2D eigenvalue weighted by molar-refractivity contribution is 5.85. The van der Waals surface area contributed by atoms with Crippen LogP contribution in [0.25, 0.3) is 10.9 Å². The fourth-order valence-corrected chi connectivity index (χ4v) is 5.57. The summed E-state index contributed by atoms with van der Waals surface area (Å²) in [5.74, 6) is -1.72. The highest BCUT2D eigenvalue weighted by Gasteiger charge is 2.41. The summed E-state index contributed by atoms with van der Waals surface area (Å²) >= 11 is 0. The molecule has 2 atom stereocenters. The Bertz CT molecular complexity index is 1250. The van der Waals surface area contributed by atoms with E-state index in [4.69, 9.17) is 9.84 Å². The first kappa shape index (κ1) is 29.2. The zero-order chi connectivity index (χ0) is 28.3. The van der Waals surface area contributed by atoms with Crippen molar-refractivity contribution in [2.75, 3.05) is 40.0 Å². The molecule has 5 rings (SSSR count). The van der Waals surface area contributed by atoms with E-state index >= 15 is 8.78 Å². The lowest BCUT2D eigenvalue weighted by Crippen LogP contribution is -2.53. The normalized spacial score (nSPS) is 20.3. The highest BCUT2D eigenvalue weighted by Crippen LogP contribution is 2.43. The number of H-pyrrole nitrogens is 1. The maximum absolute atomic E-state index is 15.6. The van der Waals surface area contributed by atoms with Gasteiger partial charge in [-0.3, -0.25) is 14.2 Å². The molecule has 11 heteroatoms. The van der Waals surface area contributed by atoms with Gasteiger partial charge in [0.2, 0.25) is 0 Å². The topological polar surface area (TPSA) is 51.7 Å². The average molecular weight is 562 g/mol. The van der Waals surface area contributed by atoms with E-state index in [1.807, 2.05) is 29.2 Å². The van der Waals surface area contributed by atoms with E-state index in [2.05, 4.69) is 4.98 Å². The van der Waals surface area contributed by atoms with Crippen LogP contribution < -0.4 is 4.74 Å². The number of fused-ring (bicyclic) bond motifs is 3. The second kappa shape index (κ2) is 12.2. The molecule has 0 radical (unpaired) electrons. The minimum Gasteiger partial charge on any atom is -0.488 e. The van der Waals surface area contributed by atoms with Crippen LogP contribution in [0.1, 0.15) is 45.5 Å². The number of ether oxygens (including phenoxy) is 1. The Balaban J connectivity index is 0.00000144. The van der Waals surface area contributed by atoms with Crippen LogP contribution in [0.2, 0.25) is 0 Å². The van der Waals surface area contributed by atoms with E-state index in [-0.39, 0.29) is 26.3 Å². The van der Waals surface area contributed by atoms with Crippen molar-refractivity contribution in [2.24, 2.45) is 0 Å². The molecule has 1 saturated heterocycles. The fraction of sp³-hybridized carbons (Fsp3) is 0.500. The van der Waals surface area contributed by atoms with Crippen molar-refractivity contribution >= 4 is 10.9 Å². The van der Waals surface area contributed by atoms with Crippen molar-refractivity contribution in [3.05, 3.63) is 64.9 Å². The summed E-state index contributed by atoms with van der Waals surface area (Å²) in [4.78, 5) is 6.75. The van der Waals surface area contributed by atoms with Crippen LogP contribution in [0.3, 0.4) is 0 Å². The molecule has 0 aliphatic carbocycles. The smallest absolute Gasteiger partial charge is 0.390 e. The second-order valence-corrected chi connectivity index (χ2v) is 9.96. The first-order chi connectivity index (χ1) is 18.6. The third-order valence-corrected chi connectivity index (χ3v) is 7.33. The minimum atomic E-state index is -4.40. The summed E-state index contributed by atoms with van der Waals surface area (Å²) < 4.78 is 88.8. The Morgan fingerprint density at radius 1 is 1.08 bits per heavy atom. The number of aliphatic hydroxyl groups is 1. The molecule has 5 nitrogen and oxygen atoms in total. The molecule has 39 heavy (non-hydrogen) atoms. The predicted octanol–water partition coefficient (Wildman–Crippen LogP) is 6.26. The lowest BCUT2D eigenvalue weighted by molar-refractivity contribution is -0.140. The number of likely N-dealkylation sites (tertiary alicyclic amines) is 1. The number of para-hydroxylation sites is 1. The van der Waals surface area contributed by atoms with Crippen LogP contribution in [0.5, 0.6) is 5.75 Å². The fourth-order valence-electron chi connectivity index (χ4n) is 5.57. The van der Waals surface area contributed by atoms with E-state index in [1.165, 1.54) is 4.90 Å². The molecule has 0 amide bonds. The Labute approximate surface area is 226 Å². The Morgan fingerprint density at radius 3 is 2.38 bits per heavy atom. The summed E-state index contributed by atoms with van der Waals surface area (Å²) in [5, 5.41) is 7.90. The molecule has 0 spiro atoms. The number of benzene rings is 2. The van der Waals surface area contributed by atoms with Gasteiger partial charge in [0.15, 0.2) is 0 Å². The number of halogens is 6. The molecule has 0 unspecified atom stereocenters. The van der Waals surface area contributed by atoms with Gasteiger partial charge in [0.1, 0.15) is 23.5 Å². The van der Waals surface area contributed by atoms with Crippen molar-refractivity contribution in [1.29, 1.82) is 0 Å². The molecule has 3 heterocycles. The van der Waals surface area contributed by atoms with Crippen LogP contribution in [0, 0.1) is 11.6 Å². The first-order valence-corrected chi connectivity index (χ1v) is 12.9. The SMILES string of the molecule is CO.C[C@@H]1Cc2c([nH]c3ccccc23)[C@@H](c2c(F)cc(OC3CN(CCCF)C3)cc2F)N1CCC(F)(F)F.[HH].[HH]. The molecule has 0 bridgehead atoms. The predicted molar refractivity (Wildman–Crippen MR) is 141 cm³/mol. The van der Waals surface area contributed by atoms with E-state index in [0.717, 1.165) is 35.7 Å².